The number of aromatic nitrogens is 2. The van der Waals surface area contributed by atoms with Crippen molar-refractivity contribution in [3.63, 3.8) is 0 Å². The summed E-state index contributed by atoms with van der Waals surface area (Å²) in [6.07, 6.45) is 4.67. The number of benzene rings is 1. The lowest BCUT2D eigenvalue weighted by Gasteiger charge is -2.35. The van der Waals surface area contributed by atoms with E-state index in [1.165, 1.54) is 11.8 Å². The summed E-state index contributed by atoms with van der Waals surface area (Å²) in [4.78, 5) is 27.3. The van der Waals surface area contributed by atoms with Crippen LogP contribution >= 0.6 is 11.8 Å². The second kappa shape index (κ2) is 10.6. The number of carbonyl (C=O) groups is 1. The van der Waals surface area contributed by atoms with Gasteiger partial charge in [-0.25, -0.2) is 9.97 Å². The number of amides is 1. The molecule has 11 heteroatoms. The molecule has 1 saturated carbocycles. The molecule has 3 aliphatic rings. The zero-order valence-electron chi connectivity index (χ0n) is 19.1. The first-order chi connectivity index (χ1) is 16.7. The maximum atomic E-state index is 12.0. The number of hydrazone groups is 1. The molecule has 1 aromatic carbocycles. The Morgan fingerprint density at radius 3 is 2.62 bits per heavy atom. The molecule has 1 aliphatic carbocycles. The van der Waals surface area contributed by atoms with Crippen LogP contribution in [-0.4, -0.2) is 72.4 Å². The number of carbonyl (C=O) groups excluding carboxylic acids is 1. The summed E-state index contributed by atoms with van der Waals surface area (Å²) in [6, 6.07) is 9.87. The summed E-state index contributed by atoms with van der Waals surface area (Å²) >= 11 is 1.51. The number of piperazine rings is 1. The molecule has 180 valence electrons. The number of rotatable bonds is 9. The second-order valence-corrected chi connectivity index (χ2v) is 9.82. The lowest BCUT2D eigenvalue weighted by atomic mass is 10.3. The molecule has 5 rings (SSSR count). The number of hydrogen-bond acceptors (Lipinski definition) is 10. The van der Waals surface area contributed by atoms with Crippen LogP contribution in [0.4, 0.5) is 17.3 Å². The van der Waals surface area contributed by atoms with Crippen LogP contribution in [-0.2, 0) is 4.79 Å². The molecule has 1 unspecified atom stereocenters. The fraction of sp³-hybridized carbons (Fsp3) is 0.478. The van der Waals surface area contributed by atoms with Crippen molar-refractivity contribution in [1.82, 2.24) is 20.3 Å². The van der Waals surface area contributed by atoms with E-state index in [9.17, 15) is 4.79 Å². The average molecular weight is 482 g/mol. The van der Waals surface area contributed by atoms with Gasteiger partial charge in [0, 0.05) is 74.5 Å². The van der Waals surface area contributed by atoms with E-state index in [2.05, 4.69) is 31.0 Å². The van der Waals surface area contributed by atoms with Gasteiger partial charge in [0.2, 0.25) is 5.91 Å². The Kier molecular flexibility index (Phi) is 7.12. The van der Waals surface area contributed by atoms with Crippen LogP contribution in [0.15, 0.2) is 45.5 Å². The van der Waals surface area contributed by atoms with Gasteiger partial charge in [-0.2, -0.15) is 5.10 Å². The van der Waals surface area contributed by atoms with Gasteiger partial charge < -0.3 is 21.3 Å². The van der Waals surface area contributed by atoms with Crippen LogP contribution in [0.5, 0.6) is 0 Å². The maximum Gasteiger partial charge on any atom is 0.227 e. The number of nitrogens with one attached hydrogen (secondary N) is 3. The van der Waals surface area contributed by atoms with Gasteiger partial charge in [0.1, 0.15) is 17.8 Å². The lowest BCUT2D eigenvalue weighted by molar-refractivity contribution is -0.117. The summed E-state index contributed by atoms with van der Waals surface area (Å²) in [5, 5.41) is 11.2. The predicted molar refractivity (Wildman–Crippen MR) is 135 cm³/mol. The highest BCUT2D eigenvalue weighted by Crippen LogP contribution is 2.32. The monoisotopic (exact) mass is 481 g/mol. The largest absolute Gasteiger partial charge is 0.354 e. The minimum Gasteiger partial charge on any atom is -0.354 e. The minimum atomic E-state index is 0.0244. The van der Waals surface area contributed by atoms with Gasteiger partial charge in [0.15, 0.2) is 5.16 Å². The van der Waals surface area contributed by atoms with E-state index in [4.69, 9.17) is 15.7 Å². The number of nitrogens with zero attached hydrogens (tertiary/aromatic N) is 5. The summed E-state index contributed by atoms with van der Waals surface area (Å²) in [6.45, 7) is 5.36. The van der Waals surface area contributed by atoms with Crippen LogP contribution in [0.1, 0.15) is 19.3 Å². The zero-order valence-corrected chi connectivity index (χ0v) is 19.9. The van der Waals surface area contributed by atoms with Gasteiger partial charge in [0.05, 0.1) is 0 Å². The third-order valence-electron chi connectivity index (χ3n) is 6.10. The van der Waals surface area contributed by atoms with E-state index in [0.29, 0.717) is 11.7 Å². The quantitative estimate of drug-likeness (QED) is 0.397. The molecule has 2 aliphatic heterocycles. The average Bonchev–Trinajstić information content (AvgIpc) is 3.58. The van der Waals surface area contributed by atoms with Crippen molar-refractivity contribution in [2.24, 2.45) is 16.8 Å². The fourth-order valence-corrected chi connectivity index (χ4v) is 4.77. The number of hydrogen-bond donors (Lipinski definition) is 4. The lowest BCUT2D eigenvalue weighted by Crippen LogP contribution is -2.48. The van der Waals surface area contributed by atoms with E-state index in [-0.39, 0.29) is 18.0 Å². The summed E-state index contributed by atoms with van der Waals surface area (Å²) < 4.78 is 0. The SMILES string of the molecule is NCCN1CCN(c2cc(NC3CC=NN3)nc(Sc3ccc(NC(=O)C4CC4)cc3)n2)CC1. The summed E-state index contributed by atoms with van der Waals surface area (Å²) in [7, 11) is 0. The van der Waals surface area contributed by atoms with Crippen molar-refractivity contribution in [1.29, 1.82) is 0 Å². The van der Waals surface area contributed by atoms with Crippen LogP contribution < -0.4 is 26.7 Å². The van der Waals surface area contributed by atoms with Gasteiger partial charge >= 0.3 is 0 Å². The highest BCUT2D eigenvalue weighted by atomic mass is 32.2. The highest BCUT2D eigenvalue weighted by Gasteiger charge is 2.29. The summed E-state index contributed by atoms with van der Waals surface area (Å²) in [5.41, 5.74) is 9.59. The molecular formula is C23H31N9OS. The van der Waals surface area contributed by atoms with E-state index in [1.807, 2.05) is 36.5 Å². The molecule has 0 radical (unpaired) electrons. The van der Waals surface area contributed by atoms with Crippen LogP contribution in [0.2, 0.25) is 0 Å². The van der Waals surface area contributed by atoms with E-state index in [0.717, 1.165) is 74.2 Å². The second-order valence-electron chi connectivity index (χ2n) is 8.77. The molecule has 5 N–H and O–H groups in total. The number of anilines is 3. The van der Waals surface area contributed by atoms with Gasteiger partial charge in [-0.1, -0.05) is 0 Å². The van der Waals surface area contributed by atoms with E-state index in [1.54, 1.807) is 0 Å². The Morgan fingerprint density at radius 2 is 1.94 bits per heavy atom. The molecule has 34 heavy (non-hydrogen) atoms. The standard InChI is InChI=1S/C23H31N9OS/c24-8-10-31-11-13-32(14-12-31)21-15-20(27-19-7-9-25-30-19)28-23(29-21)34-18-5-3-17(4-6-18)26-22(33)16-1-2-16/h3-6,9,15-16,19,30H,1-2,7-8,10-14,24H2,(H,26,33)(H,27,28,29). The van der Waals surface area contributed by atoms with Crippen molar-refractivity contribution >= 4 is 41.2 Å². The number of nitrogens with two attached hydrogens (primary N) is 1. The molecule has 10 nitrogen and oxygen atoms in total. The van der Waals surface area contributed by atoms with Crippen molar-refractivity contribution in [3.8, 4) is 0 Å². The molecule has 2 fully saturated rings. The van der Waals surface area contributed by atoms with Gasteiger partial charge in [-0.15, -0.1) is 0 Å². The van der Waals surface area contributed by atoms with Crippen LogP contribution in [0.25, 0.3) is 0 Å². The first kappa shape index (κ1) is 22.9. The van der Waals surface area contributed by atoms with Gasteiger partial charge in [0.25, 0.3) is 0 Å². The molecule has 1 saturated heterocycles. The van der Waals surface area contributed by atoms with Gasteiger partial charge in [-0.05, 0) is 48.9 Å². The topological polar surface area (TPSA) is 124 Å². The third kappa shape index (κ3) is 5.96. The van der Waals surface area contributed by atoms with Crippen molar-refractivity contribution in [3.05, 3.63) is 30.3 Å². The first-order valence-electron chi connectivity index (χ1n) is 11.8. The fourth-order valence-electron chi connectivity index (χ4n) is 4.00. The molecule has 2 aromatic rings. The van der Waals surface area contributed by atoms with E-state index >= 15 is 0 Å². The van der Waals surface area contributed by atoms with Gasteiger partial charge in [-0.3, -0.25) is 15.1 Å². The molecule has 0 bridgehead atoms. The van der Waals surface area contributed by atoms with Crippen LogP contribution in [0, 0.1) is 5.92 Å². The normalized spacial score (nSPS) is 20.3. The Hall–Kier alpha value is -2.89. The third-order valence-corrected chi connectivity index (χ3v) is 6.97. The Balaban J connectivity index is 1.29. The van der Waals surface area contributed by atoms with Crippen molar-refractivity contribution < 1.29 is 4.79 Å². The van der Waals surface area contributed by atoms with Crippen molar-refractivity contribution in [2.45, 2.75) is 35.5 Å². The Bertz CT molecular complexity index is 1010. The molecular weight excluding hydrogens is 450 g/mol. The molecule has 1 aromatic heterocycles. The molecule has 0 spiro atoms. The maximum absolute atomic E-state index is 12.0. The van der Waals surface area contributed by atoms with E-state index < -0.39 is 0 Å². The first-order valence-corrected chi connectivity index (χ1v) is 12.7. The van der Waals surface area contributed by atoms with Crippen LogP contribution in [0.3, 0.4) is 0 Å². The summed E-state index contributed by atoms with van der Waals surface area (Å²) in [5.74, 6) is 1.99. The smallest absolute Gasteiger partial charge is 0.227 e. The Morgan fingerprint density at radius 1 is 1.15 bits per heavy atom. The highest BCUT2D eigenvalue weighted by molar-refractivity contribution is 7.99. The zero-order chi connectivity index (χ0) is 23.3. The van der Waals surface area contributed by atoms with Crippen molar-refractivity contribution in [2.75, 3.05) is 54.8 Å². The molecule has 1 amide bonds. The molecule has 3 heterocycles. The molecule has 1 atom stereocenters. The Labute approximate surface area is 203 Å². The minimum absolute atomic E-state index is 0.0244. The predicted octanol–water partition coefficient (Wildman–Crippen LogP) is 1.77.